The molecule has 0 radical (unpaired) electrons. The van der Waals surface area contributed by atoms with Gasteiger partial charge in [-0.3, -0.25) is 4.79 Å². The molecule has 3 aromatic rings. The van der Waals surface area contributed by atoms with Gasteiger partial charge in [0.1, 0.15) is 11.6 Å². The summed E-state index contributed by atoms with van der Waals surface area (Å²) in [4.78, 5) is 13.3. The Morgan fingerprint density at radius 2 is 2.00 bits per heavy atom. The zero-order chi connectivity index (χ0) is 16.1. The SMILES string of the molecule is O=C(CCc1ccco1)N[C@@H](c1ccc(F)cc1)c1cccs1. The molecule has 1 aromatic carbocycles. The summed E-state index contributed by atoms with van der Waals surface area (Å²) in [6.07, 6.45) is 2.50. The fraction of sp³-hybridized carbons (Fsp3) is 0.167. The lowest BCUT2D eigenvalue weighted by atomic mass is 10.0. The normalized spacial score (nSPS) is 12.0. The van der Waals surface area contributed by atoms with Crippen molar-refractivity contribution in [2.45, 2.75) is 18.9 Å². The Hall–Kier alpha value is -2.40. The van der Waals surface area contributed by atoms with E-state index in [9.17, 15) is 9.18 Å². The number of furan rings is 1. The first-order valence-corrected chi connectivity index (χ1v) is 8.21. The molecule has 118 valence electrons. The third-order valence-electron chi connectivity index (χ3n) is 3.51. The van der Waals surface area contributed by atoms with Crippen molar-refractivity contribution in [3.8, 4) is 0 Å². The molecule has 3 nitrogen and oxygen atoms in total. The van der Waals surface area contributed by atoms with E-state index in [-0.39, 0.29) is 17.8 Å². The second-order valence-corrected chi connectivity index (χ2v) is 6.13. The number of benzene rings is 1. The lowest BCUT2D eigenvalue weighted by Gasteiger charge is -2.18. The van der Waals surface area contributed by atoms with Crippen LogP contribution < -0.4 is 5.32 Å². The molecule has 0 saturated heterocycles. The second kappa shape index (κ2) is 7.24. The number of carbonyl (C=O) groups excluding carboxylic acids is 1. The van der Waals surface area contributed by atoms with Gasteiger partial charge in [-0.2, -0.15) is 0 Å². The number of nitrogens with one attached hydrogen (secondary N) is 1. The molecule has 1 N–H and O–H groups in total. The highest BCUT2D eigenvalue weighted by Crippen LogP contribution is 2.26. The summed E-state index contributed by atoms with van der Waals surface area (Å²) >= 11 is 1.56. The Bertz CT molecular complexity index is 736. The van der Waals surface area contributed by atoms with Crippen LogP contribution in [0, 0.1) is 5.82 Å². The van der Waals surface area contributed by atoms with E-state index in [4.69, 9.17) is 4.42 Å². The Balaban J connectivity index is 1.71. The summed E-state index contributed by atoms with van der Waals surface area (Å²) in [5.41, 5.74) is 0.861. The Kier molecular flexibility index (Phi) is 4.88. The number of halogens is 1. The fourth-order valence-corrected chi connectivity index (χ4v) is 3.16. The van der Waals surface area contributed by atoms with E-state index in [1.807, 2.05) is 23.6 Å². The topological polar surface area (TPSA) is 42.2 Å². The van der Waals surface area contributed by atoms with Crippen molar-refractivity contribution >= 4 is 17.2 Å². The highest BCUT2D eigenvalue weighted by molar-refractivity contribution is 7.10. The number of rotatable bonds is 6. The molecule has 0 saturated carbocycles. The molecule has 0 aliphatic rings. The van der Waals surface area contributed by atoms with Gasteiger partial charge in [0.2, 0.25) is 5.91 Å². The zero-order valence-electron chi connectivity index (χ0n) is 12.4. The van der Waals surface area contributed by atoms with E-state index < -0.39 is 0 Å². The third-order valence-corrected chi connectivity index (χ3v) is 4.45. The minimum Gasteiger partial charge on any atom is -0.469 e. The van der Waals surface area contributed by atoms with E-state index in [1.165, 1.54) is 12.1 Å². The van der Waals surface area contributed by atoms with E-state index in [1.54, 1.807) is 35.8 Å². The van der Waals surface area contributed by atoms with Crippen LogP contribution in [0.5, 0.6) is 0 Å². The average molecular weight is 329 g/mol. The molecule has 0 aliphatic heterocycles. The molecule has 0 aliphatic carbocycles. The maximum absolute atomic E-state index is 13.1. The van der Waals surface area contributed by atoms with Gasteiger partial charge >= 0.3 is 0 Å². The van der Waals surface area contributed by atoms with Crippen LogP contribution in [0.3, 0.4) is 0 Å². The Morgan fingerprint density at radius 1 is 1.17 bits per heavy atom. The first-order chi connectivity index (χ1) is 11.2. The maximum Gasteiger partial charge on any atom is 0.221 e. The zero-order valence-corrected chi connectivity index (χ0v) is 13.2. The summed E-state index contributed by atoms with van der Waals surface area (Å²) in [6.45, 7) is 0. The minimum atomic E-state index is -0.289. The maximum atomic E-state index is 13.1. The van der Waals surface area contributed by atoms with Gasteiger partial charge in [0.15, 0.2) is 0 Å². The van der Waals surface area contributed by atoms with Crippen molar-refractivity contribution in [3.63, 3.8) is 0 Å². The van der Waals surface area contributed by atoms with Crippen LogP contribution >= 0.6 is 11.3 Å². The van der Waals surface area contributed by atoms with Crippen LogP contribution in [0.25, 0.3) is 0 Å². The van der Waals surface area contributed by atoms with E-state index in [0.29, 0.717) is 12.8 Å². The molecule has 0 bridgehead atoms. The van der Waals surface area contributed by atoms with E-state index >= 15 is 0 Å². The molecule has 0 unspecified atom stereocenters. The predicted molar refractivity (Wildman–Crippen MR) is 87.7 cm³/mol. The molecule has 2 heterocycles. The van der Waals surface area contributed by atoms with Gasteiger partial charge in [-0.1, -0.05) is 18.2 Å². The highest BCUT2D eigenvalue weighted by Gasteiger charge is 2.18. The van der Waals surface area contributed by atoms with Gasteiger partial charge in [0, 0.05) is 17.7 Å². The molecular weight excluding hydrogens is 313 g/mol. The van der Waals surface area contributed by atoms with E-state index in [2.05, 4.69) is 5.32 Å². The Labute approximate surface area is 137 Å². The third kappa shape index (κ3) is 4.07. The Morgan fingerprint density at radius 3 is 2.65 bits per heavy atom. The first kappa shape index (κ1) is 15.5. The molecule has 1 atom stereocenters. The van der Waals surface area contributed by atoms with Crippen LogP contribution in [-0.4, -0.2) is 5.91 Å². The molecule has 5 heteroatoms. The molecule has 2 aromatic heterocycles. The van der Waals surface area contributed by atoms with Crippen LogP contribution in [0.4, 0.5) is 4.39 Å². The number of carbonyl (C=O) groups is 1. The number of amides is 1. The van der Waals surface area contributed by atoms with Crippen LogP contribution in [0.2, 0.25) is 0 Å². The smallest absolute Gasteiger partial charge is 0.221 e. The first-order valence-electron chi connectivity index (χ1n) is 7.33. The number of thiophene rings is 1. The van der Waals surface area contributed by atoms with Gasteiger partial charge < -0.3 is 9.73 Å². The predicted octanol–water partition coefficient (Wildman–Crippen LogP) is 4.32. The van der Waals surface area contributed by atoms with Crippen molar-refractivity contribution in [2.75, 3.05) is 0 Å². The standard InChI is InChI=1S/C18H16FNO2S/c19-14-7-5-13(6-8-14)18(16-4-2-12-23-16)20-17(21)10-9-15-3-1-11-22-15/h1-8,11-12,18H,9-10H2,(H,20,21)/t18-/m0/s1. The average Bonchev–Trinajstić information content (AvgIpc) is 3.25. The molecule has 0 spiro atoms. The summed E-state index contributed by atoms with van der Waals surface area (Å²) in [6, 6.07) is 13.5. The fourth-order valence-electron chi connectivity index (χ4n) is 2.35. The summed E-state index contributed by atoms with van der Waals surface area (Å²) < 4.78 is 18.4. The van der Waals surface area contributed by atoms with Crippen LogP contribution in [-0.2, 0) is 11.2 Å². The molecule has 0 fully saturated rings. The van der Waals surface area contributed by atoms with Gasteiger partial charge in [-0.05, 0) is 41.3 Å². The van der Waals surface area contributed by atoms with Crippen molar-refractivity contribution in [3.05, 3.63) is 82.2 Å². The highest BCUT2D eigenvalue weighted by atomic mass is 32.1. The monoisotopic (exact) mass is 329 g/mol. The van der Waals surface area contributed by atoms with Gasteiger partial charge in [0.05, 0.1) is 12.3 Å². The molecular formula is C18H16FNO2S. The number of hydrogen-bond donors (Lipinski definition) is 1. The lowest BCUT2D eigenvalue weighted by Crippen LogP contribution is -2.29. The number of aryl methyl sites for hydroxylation is 1. The minimum absolute atomic E-state index is 0.0656. The van der Waals surface area contributed by atoms with Crippen LogP contribution in [0.15, 0.2) is 64.6 Å². The molecule has 1 amide bonds. The quantitative estimate of drug-likeness (QED) is 0.732. The summed E-state index contributed by atoms with van der Waals surface area (Å²) in [5.74, 6) is 0.432. The lowest BCUT2D eigenvalue weighted by molar-refractivity contribution is -0.121. The van der Waals surface area contributed by atoms with Gasteiger partial charge in [0.25, 0.3) is 0 Å². The van der Waals surface area contributed by atoms with Crippen molar-refractivity contribution in [2.24, 2.45) is 0 Å². The molecule has 3 rings (SSSR count). The van der Waals surface area contributed by atoms with Gasteiger partial charge in [-0.15, -0.1) is 11.3 Å². The van der Waals surface area contributed by atoms with Crippen molar-refractivity contribution < 1.29 is 13.6 Å². The largest absolute Gasteiger partial charge is 0.469 e. The van der Waals surface area contributed by atoms with E-state index in [0.717, 1.165) is 16.2 Å². The number of hydrogen-bond acceptors (Lipinski definition) is 3. The van der Waals surface area contributed by atoms with Crippen LogP contribution in [0.1, 0.15) is 28.7 Å². The summed E-state index contributed by atoms with van der Waals surface area (Å²) in [5, 5.41) is 4.98. The second-order valence-electron chi connectivity index (χ2n) is 5.15. The summed E-state index contributed by atoms with van der Waals surface area (Å²) in [7, 11) is 0. The van der Waals surface area contributed by atoms with Gasteiger partial charge in [-0.25, -0.2) is 4.39 Å². The van der Waals surface area contributed by atoms with Crippen molar-refractivity contribution in [1.29, 1.82) is 0 Å². The van der Waals surface area contributed by atoms with Crippen molar-refractivity contribution in [1.82, 2.24) is 5.32 Å². The molecule has 23 heavy (non-hydrogen) atoms.